The van der Waals surface area contributed by atoms with Crippen LogP contribution in [0.5, 0.6) is 0 Å². The first-order chi connectivity index (χ1) is 7.82. The smallest absolute Gasteiger partial charge is 0.125 e. The van der Waals surface area contributed by atoms with E-state index in [2.05, 4.69) is 54.6 Å². The Morgan fingerprint density at radius 2 is 2.12 bits per heavy atom. The van der Waals surface area contributed by atoms with Gasteiger partial charge in [0.05, 0.1) is 6.04 Å². The maximum absolute atomic E-state index is 4.37. The van der Waals surface area contributed by atoms with Gasteiger partial charge in [0.2, 0.25) is 0 Å². The minimum absolute atomic E-state index is 0.267. The molecule has 1 heterocycles. The predicted octanol–water partition coefficient (Wildman–Crippen LogP) is 1.66. The van der Waals surface area contributed by atoms with Crippen molar-refractivity contribution in [3.8, 4) is 0 Å². The second-order valence-electron chi connectivity index (χ2n) is 5.90. The van der Waals surface area contributed by atoms with Crippen LogP contribution in [0.15, 0.2) is 12.4 Å². The highest BCUT2D eigenvalue weighted by atomic mass is 15.1. The Morgan fingerprint density at radius 3 is 2.59 bits per heavy atom. The lowest BCUT2D eigenvalue weighted by Crippen LogP contribution is -2.38. The molecule has 0 amide bonds. The SMILES string of the molecule is CC(NCC(C)(C)CN(C)C)c1nccn1C. The largest absolute Gasteiger partial charge is 0.337 e. The van der Waals surface area contributed by atoms with Gasteiger partial charge in [-0.25, -0.2) is 4.98 Å². The molecule has 0 aliphatic rings. The molecule has 0 radical (unpaired) electrons. The van der Waals surface area contributed by atoms with Crippen molar-refractivity contribution in [3.63, 3.8) is 0 Å². The Labute approximate surface area is 105 Å². The van der Waals surface area contributed by atoms with Gasteiger partial charge < -0.3 is 14.8 Å². The van der Waals surface area contributed by atoms with Crippen molar-refractivity contribution in [1.82, 2.24) is 19.8 Å². The van der Waals surface area contributed by atoms with Crippen LogP contribution in [0.1, 0.15) is 32.6 Å². The Hall–Kier alpha value is -0.870. The molecule has 1 atom stereocenters. The average Bonchev–Trinajstić information content (AvgIpc) is 2.59. The molecule has 17 heavy (non-hydrogen) atoms. The molecule has 0 aliphatic carbocycles. The fourth-order valence-corrected chi connectivity index (χ4v) is 2.23. The lowest BCUT2D eigenvalue weighted by Gasteiger charge is -2.30. The number of hydrogen-bond acceptors (Lipinski definition) is 3. The molecule has 1 aromatic heterocycles. The Kier molecular flexibility index (Phi) is 4.71. The van der Waals surface area contributed by atoms with Crippen LogP contribution in [0.25, 0.3) is 0 Å². The fourth-order valence-electron chi connectivity index (χ4n) is 2.23. The van der Waals surface area contributed by atoms with Gasteiger partial charge in [0, 0.05) is 32.5 Å². The Morgan fingerprint density at radius 1 is 1.47 bits per heavy atom. The zero-order valence-corrected chi connectivity index (χ0v) is 12.0. The van der Waals surface area contributed by atoms with E-state index in [9.17, 15) is 0 Å². The standard InChI is InChI=1S/C13H26N4/c1-11(12-14-7-8-17(12)6)15-9-13(2,3)10-16(4)5/h7-8,11,15H,9-10H2,1-6H3. The Bertz CT molecular complexity index is 341. The first-order valence-corrected chi connectivity index (χ1v) is 6.17. The van der Waals surface area contributed by atoms with Gasteiger partial charge in [-0.2, -0.15) is 0 Å². The third-order valence-electron chi connectivity index (χ3n) is 2.88. The number of imidazole rings is 1. The minimum atomic E-state index is 0.267. The summed E-state index contributed by atoms with van der Waals surface area (Å²) in [4.78, 5) is 6.60. The summed E-state index contributed by atoms with van der Waals surface area (Å²) in [6.45, 7) is 8.79. The number of hydrogen-bond donors (Lipinski definition) is 1. The third kappa shape index (κ3) is 4.48. The molecule has 0 aromatic carbocycles. The molecule has 1 N–H and O–H groups in total. The molecule has 0 fully saturated rings. The lowest BCUT2D eigenvalue weighted by atomic mass is 9.92. The summed E-state index contributed by atoms with van der Waals surface area (Å²) in [5.41, 5.74) is 0.267. The van der Waals surface area contributed by atoms with E-state index < -0.39 is 0 Å². The van der Waals surface area contributed by atoms with Gasteiger partial charge in [-0.1, -0.05) is 13.8 Å². The Balaban J connectivity index is 2.48. The molecular weight excluding hydrogens is 212 g/mol. The summed E-state index contributed by atoms with van der Waals surface area (Å²) in [6.07, 6.45) is 3.83. The second kappa shape index (κ2) is 5.65. The highest BCUT2D eigenvalue weighted by Crippen LogP contribution is 2.17. The second-order valence-corrected chi connectivity index (χ2v) is 5.90. The van der Waals surface area contributed by atoms with Crippen LogP contribution in [0.2, 0.25) is 0 Å². The molecule has 98 valence electrons. The normalized spacial score (nSPS) is 14.3. The van der Waals surface area contributed by atoms with E-state index >= 15 is 0 Å². The monoisotopic (exact) mass is 238 g/mol. The lowest BCUT2D eigenvalue weighted by molar-refractivity contribution is 0.225. The molecule has 1 unspecified atom stereocenters. The summed E-state index contributed by atoms with van der Waals surface area (Å²) in [5, 5.41) is 3.56. The molecule has 1 rings (SSSR count). The van der Waals surface area contributed by atoms with Gasteiger partial charge in [0.25, 0.3) is 0 Å². The van der Waals surface area contributed by atoms with Gasteiger partial charge in [0.1, 0.15) is 5.82 Å². The fraction of sp³-hybridized carbons (Fsp3) is 0.769. The van der Waals surface area contributed by atoms with E-state index in [1.165, 1.54) is 0 Å². The maximum atomic E-state index is 4.37. The molecule has 0 aliphatic heterocycles. The molecule has 0 saturated carbocycles. The van der Waals surface area contributed by atoms with Crippen LogP contribution < -0.4 is 5.32 Å². The van der Waals surface area contributed by atoms with Crippen LogP contribution in [0, 0.1) is 5.41 Å². The van der Waals surface area contributed by atoms with Crippen molar-refractivity contribution < 1.29 is 0 Å². The first-order valence-electron chi connectivity index (χ1n) is 6.17. The molecule has 1 aromatic rings. The molecule has 0 saturated heterocycles. The maximum Gasteiger partial charge on any atom is 0.125 e. The van der Waals surface area contributed by atoms with Crippen molar-refractivity contribution in [3.05, 3.63) is 18.2 Å². The van der Waals surface area contributed by atoms with Crippen LogP contribution in [0.4, 0.5) is 0 Å². The van der Waals surface area contributed by atoms with E-state index in [0.29, 0.717) is 0 Å². The highest BCUT2D eigenvalue weighted by Gasteiger charge is 2.20. The van der Waals surface area contributed by atoms with Crippen molar-refractivity contribution in [2.24, 2.45) is 12.5 Å². The number of rotatable bonds is 6. The van der Waals surface area contributed by atoms with Crippen molar-refractivity contribution in [2.75, 3.05) is 27.2 Å². The third-order valence-corrected chi connectivity index (χ3v) is 2.88. The number of nitrogens with one attached hydrogen (secondary N) is 1. The van der Waals surface area contributed by atoms with Gasteiger partial charge >= 0.3 is 0 Å². The summed E-state index contributed by atoms with van der Waals surface area (Å²) < 4.78 is 2.07. The summed E-state index contributed by atoms with van der Waals surface area (Å²) >= 11 is 0. The molecule has 4 heteroatoms. The average molecular weight is 238 g/mol. The highest BCUT2D eigenvalue weighted by molar-refractivity contribution is 4.97. The quantitative estimate of drug-likeness (QED) is 0.818. The van der Waals surface area contributed by atoms with E-state index in [1.54, 1.807) is 0 Å². The summed E-state index contributed by atoms with van der Waals surface area (Å²) in [5.74, 6) is 1.09. The topological polar surface area (TPSA) is 33.1 Å². The summed E-state index contributed by atoms with van der Waals surface area (Å²) in [7, 11) is 6.26. The van der Waals surface area contributed by atoms with Crippen molar-refractivity contribution in [2.45, 2.75) is 26.8 Å². The first kappa shape index (κ1) is 14.2. The van der Waals surface area contributed by atoms with Gasteiger partial charge in [0.15, 0.2) is 0 Å². The minimum Gasteiger partial charge on any atom is -0.337 e. The van der Waals surface area contributed by atoms with Crippen molar-refractivity contribution in [1.29, 1.82) is 0 Å². The van der Waals surface area contributed by atoms with E-state index in [0.717, 1.165) is 18.9 Å². The number of aryl methyl sites for hydroxylation is 1. The number of nitrogens with zero attached hydrogens (tertiary/aromatic N) is 3. The van der Waals surface area contributed by atoms with Gasteiger partial charge in [-0.3, -0.25) is 0 Å². The van der Waals surface area contributed by atoms with Crippen LogP contribution in [0.3, 0.4) is 0 Å². The molecule has 0 bridgehead atoms. The molecule has 4 nitrogen and oxygen atoms in total. The van der Waals surface area contributed by atoms with E-state index in [-0.39, 0.29) is 11.5 Å². The molecular formula is C13H26N4. The van der Waals surface area contributed by atoms with Gasteiger partial charge in [-0.15, -0.1) is 0 Å². The van der Waals surface area contributed by atoms with E-state index in [4.69, 9.17) is 0 Å². The van der Waals surface area contributed by atoms with Crippen LogP contribution in [-0.4, -0.2) is 41.6 Å². The number of aromatic nitrogens is 2. The van der Waals surface area contributed by atoms with Crippen molar-refractivity contribution >= 4 is 0 Å². The van der Waals surface area contributed by atoms with Crippen LogP contribution >= 0.6 is 0 Å². The van der Waals surface area contributed by atoms with Crippen LogP contribution in [-0.2, 0) is 7.05 Å². The van der Waals surface area contributed by atoms with E-state index in [1.807, 2.05) is 19.4 Å². The zero-order valence-electron chi connectivity index (χ0n) is 12.0. The van der Waals surface area contributed by atoms with Gasteiger partial charge in [-0.05, 0) is 26.4 Å². The predicted molar refractivity (Wildman–Crippen MR) is 72.0 cm³/mol. The molecule has 0 spiro atoms. The zero-order chi connectivity index (χ0) is 13.1. The summed E-state index contributed by atoms with van der Waals surface area (Å²) in [6, 6.07) is 0.288.